The van der Waals surface area contributed by atoms with Crippen molar-refractivity contribution in [3.8, 4) is 0 Å². The molecule has 2 aliphatic heterocycles. The zero-order valence-corrected chi connectivity index (χ0v) is 22.5. The molecule has 42 heavy (non-hydrogen) atoms. The second kappa shape index (κ2) is 14.2. The molecule has 2 saturated heterocycles. The minimum atomic E-state index is -5.57. The summed E-state index contributed by atoms with van der Waals surface area (Å²) in [6, 6.07) is 0. The summed E-state index contributed by atoms with van der Waals surface area (Å²) in [7, 11) is -11.1. The lowest BCUT2D eigenvalue weighted by atomic mass is 10.1. The highest BCUT2D eigenvalue weighted by atomic mass is 32.2. The molecule has 4 amide bonds. The Balaban J connectivity index is 0.000000710. The van der Waals surface area contributed by atoms with Gasteiger partial charge in [0.15, 0.2) is 0 Å². The van der Waals surface area contributed by atoms with Gasteiger partial charge in [-0.3, -0.25) is 37.9 Å². The van der Waals surface area contributed by atoms with Crippen molar-refractivity contribution < 1.29 is 94.9 Å². The maximum absolute atomic E-state index is 11.4. The van der Waals surface area contributed by atoms with E-state index in [1.165, 1.54) is 0 Å². The molecule has 0 aliphatic carbocycles. The van der Waals surface area contributed by atoms with E-state index in [2.05, 4.69) is 0 Å². The Bertz CT molecular complexity index is 1230. The molecule has 0 saturated carbocycles. The van der Waals surface area contributed by atoms with Crippen LogP contribution in [-0.2, 0) is 58.6 Å². The van der Waals surface area contributed by atoms with Crippen molar-refractivity contribution >= 4 is 67.7 Å². The average Bonchev–Trinajstić information content (AvgIpc) is 3.34. The van der Waals surface area contributed by atoms with Gasteiger partial charge in [-0.2, -0.15) is 16.8 Å². The smallest absolute Gasteiger partial charge is 0.349 e. The lowest BCUT2D eigenvalue weighted by molar-refractivity contribution is -0.161. The molecular weight excluding hydrogens is 628 g/mol. The fourth-order valence-corrected chi connectivity index (χ4v) is 5.43. The van der Waals surface area contributed by atoms with Gasteiger partial charge < -0.3 is 30.6 Å². The standard InChI is InChI=1S/2C8H9NO9S.C2H6O2/c2*10-4-1-2-5(11)9(4)8(7(14)15,3-6(12)13)19(16,17)18;3-1-2-4/h2*1-3H2,(H,12,13)(H,14,15)(H,16,17,18);3-4H,1-2H2. The molecule has 0 aromatic heterocycles. The fourth-order valence-electron chi connectivity index (χ4n) is 3.50. The molecule has 238 valence electrons. The van der Waals surface area contributed by atoms with Crippen LogP contribution in [0.25, 0.3) is 0 Å². The van der Waals surface area contributed by atoms with Gasteiger partial charge in [0, 0.05) is 25.7 Å². The third kappa shape index (κ3) is 7.79. The van der Waals surface area contributed by atoms with Crippen LogP contribution in [0.4, 0.5) is 0 Å². The van der Waals surface area contributed by atoms with E-state index in [1.54, 1.807) is 0 Å². The number of hydrogen-bond donors (Lipinski definition) is 8. The molecule has 0 spiro atoms. The van der Waals surface area contributed by atoms with Crippen LogP contribution in [0.3, 0.4) is 0 Å². The van der Waals surface area contributed by atoms with E-state index in [4.69, 9.17) is 39.7 Å². The number of nitrogens with zero attached hydrogens (tertiary/aromatic N) is 2. The van der Waals surface area contributed by atoms with Crippen LogP contribution in [0.5, 0.6) is 0 Å². The van der Waals surface area contributed by atoms with Gasteiger partial charge in [0.05, 0.1) is 26.1 Å². The number of amides is 4. The first-order chi connectivity index (χ1) is 19.0. The molecule has 0 aromatic rings. The third-order valence-corrected chi connectivity index (χ3v) is 7.94. The summed E-state index contributed by atoms with van der Waals surface area (Å²) < 4.78 is 63.1. The number of imide groups is 2. The van der Waals surface area contributed by atoms with Crippen molar-refractivity contribution in [2.75, 3.05) is 13.2 Å². The number of carboxylic acids is 4. The van der Waals surface area contributed by atoms with Crippen molar-refractivity contribution in [3.05, 3.63) is 0 Å². The van der Waals surface area contributed by atoms with Crippen LogP contribution < -0.4 is 0 Å². The SMILES string of the molecule is O=C(O)CC(C(=O)O)(N1C(=O)CCC1=O)S(=O)(=O)O.O=C(O)CC(C(=O)O)(N1C(=O)CCC1=O)S(=O)(=O)O.OCCO. The van der Waals surface area contributed by atoms with E-state index in [-0.39, 0.29) is 23.0 Å². The minimum absolute atomic E-state index is 0.125. The second-order valence-corrected chi connectivity index (χ2v) is 11.2. The lowest BCUT2D eigenvalue weighted by Crippen LogP contribution is -2.62. The molecule has 2 unspecified atom stereocenters. The quantitative estimate of drug-likeness (QED) is 0.0770. The van der Waals surface area contributed by atoms with Crippen LogP contribution in [0, 0.1) is 0 Å². The molecule has 0 aromatic carbocycles. The van der Waals surface area contributed by atoms with Gasteiger partial charge in [0.1, 0.15) is 0 Å². The average molecular weight is 653 g/mol. The summed E-state index contributed by atoms with van der Waals surface area (Å²) >= 11 is 0. The Hall–Kier alpha value is -4.10. The maximum Gasteiger partial charge on any atom is 0.349 e. The molecule has 0 radical (unpaired) electrons. The minimum Gasteiger partial charge on any atom is -0.481 e. The topological polar surface area (TPSA) is 373 Å². The molecule has 22 nitrogen and oxygen atoms in total. The van der Waals surface area contributed by atoms with Gasteiger partial charge in [0.2, 0.25) is 23.6 Å². The second-order valence-electron chi connectivity index (χ2n) is 7.96. The summed E-state index contributed by atoms with van der Waals surface area (Å²) in [6.07, 6.45) is -5.13. The predicted octanol–water partition coefficient (Wildman–Crippen LogP) is -4.47. The fraction of sp³-hybridized carbons (Fsp3) is 0.556. The summed E-state index contributed by atoms with van der Waals surface area (Å²) in [5, 5.41) is 50.4. The summed E-state index contributed by atoms with van der Waals surface area (Å²) in [4.78, 5) is 81.8. The Morgan fingerprint density at radius 1 is 0.571 bits per heavy atom. The molecule has 2 atom stereocenters. The van der Waals surface area contributed by atoms with Gasteiger partial charge in [0.25, 0.3) is 9.74 Å². The van der Waals surface area contributed by atoms with E-state index < -0.39 is 116 Å². The molecule has 2 fully saturated rings. The summed E-state index contributed by atoms with van der Waals surface area (Å²) in [5.74, 6) is -13.2. The molecule has 8 N–H and O–H groups in total. The number of carbonyl (C=O) groups excluding carboxylic acids is 4. The number of carbonyl (C=O) groups is 8. The first kappa shape index (κ1) is 37.9. The predicted molar refractivity (Wildman–Crippen MR) is 125 cm³/mol. The molecule has 2 aliphatic rings. The van der Waals surface area contributed by atoms with Crippen molar-refractivity contribution in [2.45, 2.75) is 48.3 Å². The Kier molecular flexibility index (Phi) is 12.8. The highest BCUT2D eigenvalue weighted by molar-refractivity contribution is 7.88. The molecule has 2 heterocycles. The van der Waals surface area contributed by atoms with Crippen molar-refractivity contribution in [1.82, 2.24) is 9.80 Å². The Labute approximate surface area is 234 Å². The van der Waals surface area contributed by atoms with Crippen LogP contribution in [0.2, 0.25) is 0 Å². The largest absolute Gasteiger partial charge is 0.481 e. The van der Waals surface area contributed by atoms with Gasteiger partial charge >= 0.3 is 44.1 Å². The van der Waals surface area contributed by atoms with Crippen molar-refractivity contribution in [2.24, 2.45) is 0 Å². The number of aliphatic carboxylic acids is 4. The Morgan fingerprint density at radius 3 is 0.905 bits per heavy atom. The molecule has 24 heteroatoms. The van der Waals surface area contributed by atoms with E-state index in [0.29, 0.717) is 0 Å². The van der Waals surface area contributed by atoms with Gasteiger partial charge in [-0.15, -0.1) is 0 Å². The van der Waals surface area contributed by atoms with Gasteiger partial charge in [-0.25, -0.2) is 19.4 Å². The highest BCUT2D eigenvalue weighted by Gasteiger charge is 2.63. The van der Waals surface area contributed by atoms with Crippen LogP contribution >= 0.6 is 0 Å². The number of likely N-dealkylation sites (tertiary alicyclic amines) is 2. The van der Waals surface area contributed by atoms with Crippen molar-refractivity contribution in [3.63, 3.8) is 0 Å². The van der Waals surface area contributed by atoms with Gasteiger partial charge in [-0.1, -0.05) is 0 Å². The number of rotatable bonds is 11. The third-order valence-electron chi connectivity index (χ3n) is 5.23. The van der Waals surface area contributed by atoms with Crippen LogP contribution in [-0.4, -0.2) is 137 Å². The zero-order valence-electron chi connectivity index (χ0n) is 20.8. The lowest BCUT2D eigenvalue weighted by Gasteiger charge is -2.32. The normalized spacial score (nSPS) is 18.2. The van der Waals surface area contributed by atoms with E-state index in [0.717, 1.165) is 0 Å². The van der Waals surface area contributed by atoms with E-state index >= 15 is 0 Å². The number of carboxylic acid groups (broad SMARTS) is 4. The first-order valence-corrected chi connectivity index (χ1v) is 13.7. The monoisotopic (exact) mass is 652 g/mol. The van der Waals surface area contributed by atoms with E-state index in [1.807, 2.05) is 0 Å². The maximum atomic E-state index is 11.4. The first-order valence-electron chi connectivity index (χ1n) is 10.8. The van der Waals surface area contributed by atoms with Crippen molar-refractivity contribution in [1.29, 1.82) is 0 Å². The zero-order chi connectivity index (χ0) is 33.4. The highest BCUT2D eigenvalue weighted by Crippen LogP contribution is 2.33. The molecule has 2 rings (SSSR count). The molecular formula is C18H24N2O20S2. The summed E-state index contributed by atoms with van der Waals surface area (Å²) in [5.41, 5.74) is 0. The van der Waals surface area contributed by atoms with Gasteiger partial charge in [-0.05, 0) is 0 Å². The van der Waals surface area contributed by atoms with Crippen LogP contribution in [0.1, 0.15) is 38.5 Å². The number of aliphatic hydroxyl groups excluding tert-OH is 2. The number of aliphatic hydroxyl groups is 2. The van der Waals surface area contributed by atoms with E-state index in [9.17, 15) is 55.2 Å². The van der Waals surface area contributed by atoms with Crippen LogP contribution in [0.15, 0.2) is 0 Å². The number of hydrogen-bond acceptors (Lipinski definition) is 14. The molecule has 0 bridgehead atoms. The Morgan fingerprint density at radius 2 is 0.786 bits per heavy atom. The summed E-state index contributed by atoms with van der Waals surface area (Å²) in [6.45, 7) is -0.250.